The predicted octanol–water partition coefficient (Wildman–Crippen LogP) is 5.21. The molecule has 1 saturated carbocycles. The van der Waals surface area contributed by atoms with E-state index >= 15 is 0 Å². The number of benzene rings is 2. The highest BCUT2D eigenvalue weighted by Crippen LogP contribution is 2.65. The molecule has 6 unspecified atom stereocenters. The van der Waals surface area contributed by atoms with Gasteiger partial charge in [-0.05, 0) is 60.7 Å². The Labute approximate surface area is 249 Å². The van der Waals surface area contributed by atoms with Crippen molar-refractivity contribution in [1.82, 2.24) is 4.90 Å². The lowest BCUT2D eigenvalue weighted by Gasteiger charge is -2.50. The summed E-state index contributed by atoms with van der Waals surface area (Å²) in [5.74, 6) is -7.19. The highest BCUT2D eigenvalue weighted by Gasteiger charge is 2.76. The number of nitrogens with zero attached hydrogens (tertiary/aromatic N) is 2. The summed E-state index contributed by atoms with van der Waals surface area (Å²) in [6.45, 7) is 0. The summed E-state index contributed by atoms with van der Waals surface area (Å²) in [5, 5.41) is 9.82. The van der Waals surface area contributed by atoms with Gasteiger partial charge in [-0.3, -0.25) is 29.0 Å². The third-order valence-electron chi connectivity index (χ3n) is 8.40. The van der Waals surface area contributed by atoms with E-state index in [1.807, 2.05) is 0 Å². The van der Waals surface area contributed by atoms with Crippen LogP contribution in [0.3, 0.4) is 0 Å². The van der Waals surface area contributed by atoms with Crippen molar-refractivity contribution < 1.29 is 28.7 Å². The van der Waals surface area contributed by atoms with Crippen LogP contribution in [0.15, 0.2) is 58.6 Å². The van der Waals surface area contributed by atoms with Crippen molar-refractivity contribution >= 4 is 84.4 Å². The number of rotatable bonds is 3. The Balaban J connectivity index is 1.52. The van der Waals surface area contributed by atoms with Gasteiger partial charge in [-0.25, -0.2) is 4.39 Å². The van der Waals surface area contributed by atoms with Crippen LogP contribution >= 0.6 is 55.1 Å². The van der Waals surface area contributed by atoms with E-state index in [0.717, 1.165) is 26.4 Å². The molecule has 202 valence electrons. The van der Waals surface area contributed by atoms with E-state index in [1.54, 1.807) is 30.3 Å². The van der Waals surface area contributed by atoms with Crippen LogP contribution in [0.2, 0.25) is 0 Å². The third kappa shape index (κ3) is 3.50. The zero-order chi connectivity index (χ0) is 28.0. The molecule has 7 nitrogen and oxygen atoms in total. The number of imide groups is 2. The van der Waals surface area contributed by atoms with E-state index in [9.17, 15) is 28.7 Å². The number of allylic oxidation sites excluding steroid dienone is 2. The number of aromatic hydroxyl groups is 1. The average Bonchev–Trinajstić information content (AvgIpc) is 3.24. The summed E-state index contributed by atoms with van der Waals surface area (Å²) in [7, 11) is 0. The second-order valence-corrected chi connectivity index (χ2v) is 12.8. The van der Waals surface area contributed by atoms with Crippen molar-refractivity contribution in [2.24, 2.45) is 17.8 Å². The van der Waals surface area contributed by atoms with Gasteiger partial charge in [0.25, 0.3) is 11.8 Å². The lowest BCUT2D eigenvalue weighted by molar-refractivity contribution is -0.138. The zero-order valence-electron chi connectivity index (χ0n) is 19.9. The number of fused-ring (bicyclic) bond motifs is 4. The summed E-state index contributed by atoms with van der Waals surface area (Å²) in [6, 6.07) is 10.4. The minimum Gasteiger partial charge on any atom is -0.505 e. The number of halogens is 5. The standard InChI is InChI=1S/C27H19Br2Cl2FN2O5/c28-11-33-24(38)26(30)10-17-15(21(27(26,31)25(33)39)12-1-8-19(35)18(32)9-12)6-7-16-20(17)23(37)34(22(16)36)14-4-2-13(29)3-5-14/h1-6,8-9,16-17,20-21,35H,7,10-11H2. The first-order chi connectivity index (χ1) is 18.5. The maximum Gasteiger partial charge on any atom is 0.254 e. The highest BCUT2D eigenvalue weighted by molar-refractivity contribution is 9.10. The van der Waals surface area contributed by atoms with E-state index in [-0.39, 0.29) is 29.8 Å². The molecule has 3 fully saturated rings. The molecule has 4 aliphatic rings. The van der Waals surface area contributed by atoms with Crippen LogP contribution in [0, 0.1) is 23.6 Å². The Morgan fingerprint density at radius 3 is 2.33 bits per heavy atom. The molecule has 0 bridgehead atoms. The quantitative estimate of drug-likeness (QED) is 0.206. The summed E-state index contributed by atoms with van der Waals surface area (Å²) in [4.78, 5) is 52.8. The van der Waals surface area contributed by atoms with E-state index < -0.39 is 62.7 Å². The Morgan fingerprint density at radius 2 is 1.69 bits per heavy atom. The van der Waals surface area contributed by atoms with Gasteiger partial charge in [0.15, 0.2) is 21.3 Å². The number of phenolic OH excluding ortho intramolecular Hbond substituents is 1. The Kier molecular flexibility index (Phi) is 6.30. The van der Waals surface area contributed by atoms with Crippen LogP contribution in [-0.4, -0.2) is 48.8 Å². The van der Waals surface area contributed by atoms with Crippen LogP contribution < -0.4 is 4.90 Å². The van der Waals surface area contributed by atoms with Crippen LogP contribution in [0.25, 0.3) is 0 Å². The fourth-order valence-corrected chi connectivity index (χ4v) is 8.36. The minimum atomic E-state index is -2.03. The predicted molar refractivity (Wildman–Crippen MR) is 148 cm³/mol. The van der Waals surface area contributed by atoms with Crippen LogP contribution in [-0.2, 0) is 19.2 Å². The van der Waals surface area contributed by atoms with Crippen LogP contribution in [0.1, 0.15) is 24.3 Å². The van der Waals surface area contributed by atoms with Gasteiger partial charge in [-0.1, -0.05) is 49.6 Å². The Morgan fingerprint density at radius 1 is 1.00 bits per heavy atom. The first kappa shape index (κ1) is 26.9. The number of hydrogen-bond donors (Lipinski definition) is 1. The molecule has 1 N–H and O–H groups in total. The highest BCUT2D eigenvalue weighted by atomic mass is 79.9. The number of hydrogen-bond acceptors (Lipinski definition) is 5. The number of carbonyl (C=O) groups excluding carboxylic acids is 4. The summed E-state index contributed by atoms with van der Waals surface area (Å²) < 4.78 is 15.4. The molecular weight excluding hydrogens is 682 g/mol. The van der Waals surface area contributed by atoms with Crippen molar-refractivity contribution in [3.05, 3.63) is 70.0 Å². The molecule has 2 saturated heterocycles. The molecule has 12 heteroatoms. The number of anilines is 1. The van der Waals surface area contributed by atoms with Gasteiger partial charge >= 0.3 is 0 Å². The molecule has 39 heavy (non-hydrogen) atoms. The lowest BCUT2D eigenvalue weighted by Crippen LogP contribution is -2.60. The van der Waals surface area contributed by atoms with Gasteiger partial charge in [-0.2, -0.15) is 0 Å². The largest absolute Gasteiger partial charge is 0.505 e. The van der Waals surface area contributed by atoms with Crippen molar-refractivity contribution in [2.45, 2.75) is 28.5 Å². The smallest absolute Gasteiger partial charge is 0.254 e. The molecule has 2 aromatic rings. The second kappa shape index (κ2) is 9.12. The molecular formula is C27H19Br2Cl2FN2O5. The molecule has 6 atom stereocenters. The number of carbonyl (C=O) groups is 4. The average molecular weight is 701 g/mol. The number of likely N-dealkylation sites (tertiary alicyclic amines) is 1. The van der Waals surface area contributed by atoms with Gasteiger partial charge in [0, 0.05) is 10.4 Å². The van der Waals surface area contributed by atoms with Gasteiger partial charge in [0.1, 0.15) is 0 Å². The maximum absolute atomic E-state index is 14.6. The summed E-state index contributed by atoms with van der Waals surface area (Å²) in [5.41, 5.74) is 1.03. The SMILES string of the molecule is O=C1C2CC=C3C(CC4(Cl)C(=O)N(CBr)C(=O)C4(Cl)C3c3ccc(O)c(F)c3)C2C(=O)N1c1ccc(Br)cc1. The summed E-state index contributed by atoms with van der Waals surface area (Å²) >= 11 is 20.7. The molecule has 4 amide bonds. The van der Waals surface area contributed by atoms with E-state index in [2.05, 4.69) is 31.9 Å². The summed E-state index contributed by atoms with van der Waals surface area (Å²) in [6.07, 6.45) is 1.80. The monoisotopic (exact) mass is 698 g/mol. The number of phenols is 1. The van der Waals surface area contributed by atoms with Crippen molar-refractivity contribution in [2.75, 3.05) is 10.4 Å². The van der Waals surface area contributed by atoms with Gasteiger partial charge in [-0.15, -0.1) is 23.2 Å². The molecule has 0 spiro atoms. The van der Waals surface area contributed by atoms with E-state index in [4.69, 9.17) is 23.2 Å². The fraction of sp³-hybridized carbons (Fsp3) is 0.333. The van der Waals surface area contributed by atoms with E-state index in [1.165, 1.54) is 6.07 Å². The fourth-order valence-electron chi connectivity index (χ4n) is 6.67. The third-order valence-corrected chi connectivity index (χ3v) is 10.8. The first-order valence-electron chi connectivity index (χ1n) is 12.1. The Bertz CT molecular complexity index is 1500. The lowest BCUT2D eigenvalue weighted by atomic mass is 9.56. The van der Waals surface area contributed by atoms with Crippen molar-refractivity contribution in [3.8, 4) is 5.75 Å². The molecule has 2 aromatic carbocycles. The molecule has 2 aliphatic heterocycles. The van der Waals surface area contributed by atoms with Crippen molar-refractivity contribution in [1.29, 1.82) is 0 Å². The van der Waals surface area contributed by atoms with Crippen molar-refractivity contribution in [3.63, 3.8) is 0 Å². The van der Waals surface area contributed by atoms with Crippen LogP contribution in [0.4, 0.5) is 10.1 Å². The molecule has 2 heterocycles. The molecule has 0 aromatic heterocycles. The molecule has 2 aliphatic carbocycles. The Hall–Kier alpha value is -2.27. The first-order valence-corrected chi connectivity index (χ1v) is 14.7. The normalized spacial score (nSPS) is 33.7. The van der Waals surface area contributed by atoms with Crippen LogP contribution in [0.5, 0.6) is 5.75 Å². The van der Waals surface area contributed by atoms with E-state index in [0.29, 0.717) is 11.3 Å². The van der Waals surface area contributed by atoms with Gasteiger partial charge in [0.2, 0.25) is 11.8 Å². The maximum atomic E-state index is 14.6. The number of alkyl halides is 3. The molecule has 0 radical (unpaired) electrons. The van der Waals surface area contributed by atoms with Gasteiger partial charge < -0.3 is 5.11 Å². The molecule has 6 rings (SSSR count). The zero-order valence-corrected chi connectivity index (χ0v) is 24.6. The minimum absolute atomic E-state index is 0.158. The number of amides is 4. The van der Waals surface area contributed by atoms with Gasteiger partial charge in [0.05, 0.1) is 23.0 Å². The second-order valence-electron chi connectivity index (χ2n) is 10.2. The topological polar surface area (TPSA) is 95.0 Å².